The van der Waals surface area contributed by atoms with Gasteiger partial charge < -0.3 is 5.32 Å². The molecule has 4 rings (SSSR count). The number of fused-ring (bicyclic) bond motifs is 1. The lowest BCUT2D eigenvalue weighted by Gasteiger charge is -2.08. The van der Waals surface area contributed by atoms with Crippen LogP contribution in [0.2, 0.25) is 5.02 Å². The molecule has 0 spiro atoms. The summed E-state index contributed by atoms with van der Waals surface area (Å²) in [6.45, 7) is -0.221. The van der Waals surface area contributed by atoms with Crippen LogP contribution in [0, 0.1) is 11.3 Å². The Morgan fingerprint density at radius 1 is 1.21 bits per heavy atom. The molecule has 1 amide bonds. The molecule has 0 atom stereocenters. The zero-order chi connectivity index (χ0) is 20.4. The molecule has 4 aromatic rings. The number of hydrogen-bond acceptors (Lipinski definition) is 5. The van der Waals surface area contributed by atoms with E-state index >= 15 is 0 Å². The van der Waals surface area contributed by atoms with Crippen LogP contribution < -0.4 is 10.9 Å². The van der Waals surface area contributed by atoms with E-state index in [-0.39, 0.29) is 17.5 Å². The third-order valence-corrected chi connectivity index (χ3v) is 4.43. The molecule has 0 radical (unpaired) electrons. The Morgan fingerprint density at radius 3 is 2.83 bits per heavy atom. The van der Waals surface area contributed by atoms with Crippen molar-refractivity contribution < 1.29 is 4.79 Å². The SMILES string of the molecule is N#Cc1cccc(NC(=O)Cn2cnc3c(cnn3-c3cccc(Cl)c3)c2=O)c1. The summed E-state index contributed by atoms with van der Waals surface area (Å²) < 4.78 is 2.72. The summed E-state index contributed by atoms with van der Waals surface area (Å²) in [4.78, 5) is 29.4. The van der Waals surface area contributed by atoms with Crippen LogP contribution in [0.1, 0.15) is 5.56 Å². The minimum Gasteiger partial charge on any atom is -0.324 e. The van der Waals surface area contributed by atoms with Crippen LogP contribution in [-0.2, 0) is 11.3 Å². The number of halogens is 1. The zero-order valence-corrected chi connectivity index (χ0v) is 15.7. The lowest BCUT2D eigenvalue weighted by molar-refractivity contribution is -0.116. The molecule has 0 fully saturated rings. The first-order chi connectivity index (χ1) is 14.0. The van der Waals surface area contributed by atoms with Crippen LogP contribution >= 0.6 is 11.6 Å². The molecule has 0 unspecified atom stereocenters. The number of amides is 1. The van der Waals surface area contributed by atoms with Gasteiger partial charge in [0, 0.05) is 10.7 Å². The van der Waals surface area contributed by atoms with E-state index in [4.69, 9.17) is 16.9 Å². The standard InChI is InChI=1S/C20H13ClN6O2/c21-14-4-2-6-16(8-14)27-19-17(10-24-27)20(29)26(12-23-19)11-18(28)25-15-5-1-3-13(7-15)9-22/h1-8,10,12H,11H2,(H,25,28). The van der Waals surface area contributed by atoms with Gasteiger partial charge in [0.1, 0.15) is 18.3 Å². The van der Waals surface area contributed by atoms with E-state index in [9.17, 15) is 9.59 Å². The van der Waals surface area contributed by atoms with Crippen molar-refractivity contribution in [3.63, 3.8) is 0 Å². The Labute approximate surface area is 169 Å². The third kappa shape index (κ3) is 3.72. The number of hydrogen-bond donors (Lipinski definition) is 1. The van der Waals surface area contributed by atoms with E-state index in [1.54, 1.807) is 48.5 Å². The number of aromatic nitrogens is 4. The fourth-order valence-corrected chi connectivity index (χ4v) is 3.06. The number of benzene rings is 2. The average Bonchev–Trinajstić information content (AvgIpc) is 3.15. The number of rotatable bonds is 4. The Hall–Kier alpha value is -3.96. The maximum absolute atomic E-state index is 12.7. The highest BCUT2D eigenvalue weighted by Crippen LogP contribution is 2.17. The molecule has 0 saturated heterocycles. The van der Waals surface area contributed by atoms with Gasteiger partial charge in [-0.15, -0.1) is 0 Å². The topological polar surface area (TPSA) is 106 Å². The van der Waals surface area contributed by atoms with Crippen LogP contribution in [0.25, 0.3) is 16.7 Å². The predicted octanol–water partition coefficient (Wildman–Crippen LogP) is 2.75. The summed E-state index contributed by atoms with van der Waals surface area (Å²) in [5.74, 6) is -0.412. The summed E-state index contributed by atoms with van der Waals surface area (Å²) in [5, 5.41) is 16.6. The van der Waals surface area contributed by atoms with Gasteiger partial charge in [0.2, 0.25) is 5.91 Å². The predicted molar refractivity (Wildman–Crippen MR) is 108 cm³/mol. The van der Waals surface area contributed by atoms with Crippen molar-refractivity contribution in [2.45, 2.75) is 6.54 Å². The first-order valence-electron chi connectivity index (χ1n) is 8.54. The number of nitrogens with zero attached hydrogens (tertiary/aromatic N) is 5. The first-order valence-corrected chi connectivity index (χ1v) is 8.92. The molecule has 2 heterocycles. The van der Waals surface area contributed by atoms with E-state index in [0.717, 1.165) is 0 Å². The molecule has 142 valence electrons. The average molecular weight is 405 g/mol. The van der Waals surface area contributed by atoms with Crippen molar-refractivity contribution >= 4 is 34.2 Å². The highest BCUT2D eigenvalue weighted by atomic mass is 35.5. The van der Waals surface area contributed by atoms with E-state index < -0.39 is 5.91 Å². The van der Waals surface area contributed by atoms with Crippen LogP contribution in [0.3, 0.4) is 0 Å². The lowest BCUT2D eigenvalue weighted by atomic mass is 10.2. The van der Waals surface area contributed by atoms with E-state index in [2.05, 4.69) is 15.4 Å². The maximum atomic E-state index is 12.7. The molecule has 2 aromatic carbocycles. The van der Waals surface area contributed by atoms with E-state index in [1.807, 2.05) is 6.07 Å². The number of anilines is 1. The highest BCUT2D eigenvalue weighted by molar-refractivity contribution is 6.30. The molecule has 0 aliphatic carbocycles. The second-order valence-electron chi connectivity index (χ2n) is 6.19. The van der Waals surface area contributed by atoms with Gasteiger partial charge in [-0.1, -0.05) is 23.7 Å². The Balaban J connectivity index is 1.60. The van der Waals surface area contributed by atoms with Gasteiger partial charge in [0.25, 0.3) is 5.56 Å². The van der Waals surface area contributed by atoms with Gasteiger partial charge in [-0.25, -0.2) is 9.67 Å². The van der Waals surface area contributed by atoms with Gasteiger partial charge in [-0.05, 0) is 36.4 Å². The maximum Gasteiger partial charge on any atom is 0.264 e. The van der Waals surface area contributed by atoms with Gasteiger partial charge in [-0.2, -0.15) is 10.4 Å². The first kappa shape index (κ1) is 18.4. The second-order valence-corrected chi connectivity index (χ2v) is 6.63. The quantitative estimate of drug-likeness (QED) is 0.563. The fraction of sp³-hybridized carbons (Fsp3) is 0.0500. The molecule has 8 nitrogen and oxygen atoms in total. The zero-order valence-electron chi connectivity index (χ0n) is 14.9. The Kier molecular flexibility index (Phi) is 4.81. The molecule has 0 aliphatic heterocycles. The monoisotopic (exact) mass is 404 g/mol. The number of carbonyl (C=O) groups is 1. The van der Waals surface area contributed by atoms with Gasteiger partial charge in [-0.3, -0.25) is 14.2 Å². The molecular weight excluding hydrogens is 392 g/mol. The van der Waals surface area contributed by atoms with Crippen LogP contribution in [0.5, 0.6) is 0 Å². The van der Waals surface area contributed by atoms with Crippen molar-refractivity contribution in [2.75, 3.05) is 5.32 Å². The van der Waals surface area contributed by atoms with Crippen LogP contribution in [0.4, 0.5) is 5.69 Å². The Morgan fingerprint density at radius 2 is 2.03 bits per heavy atom. The van der Waals surface area contributed by atoms with Crippen molar-refractivity contribution in [1.82, 2.24) is 19.3 Å². The number of nitrogens with one attached hydrogen (secondary N) is 1. The van der Waals surface area contributed by atoms with Crippen molar-refractivity contribution in [1.29, 1.82) is 5.26 Å². The fourth-order valence-electron chi connectivity index (χ4n) is 2.88. The van der Waals surface area contributed by atoms with E-state index in [0.29, 0.717) is 27.6 Å². The summed E-state index contributed by atoms with van der Waals surface area (Å²) in [5.41, 5.74) is 1.56. The normalized spacial score (nSPS) is 10.6. The number of nitriles is 1. The van der Waals surface area contributed by atoms with E-state index in [1.165, 1.54) is 21.8 Å². The minimum atomic E-state index is -0.412. The molecule has 0 aliphatic rings. The molecule has 0 bridgehead atoms. The third-order valence-electron chi connectivity index (χ3n) is 4.20. The van der Waals surface area contributed by atoms with Gasteiger partial charge in [0.05, 0.1) is 23.5 Å². The second kappa shape index (κ2) is 7.58. The molecule has 0 saturated carbocycles. The Bertz CT molecular complexity index is 1330. The minimum absolute atomic E-state index is 0.221. The molecule has 1 N–H and O–H groups in total. The molecule has 29 heavy (non-hydrogen) atoms. The number of carbonyl (C=O) groups excluding carboxylic acids is 1. The van der Waals surface area contributed by atoms with Crippen LogP contribution in [0.15, 0.2) is 65.8 Å². The molecular formula is C20H13ClN6O2. The van der Waals surface area contributed by atoms with Gasteiger partial charge >= 0.3 is 0 Å². The van der Waals surface area contributed by atoms with Crippen LogP contribution in [-0.4, -0.2) is 25.2 Å². The summed E-state index contributed by atoms with van der Waals surface area (Å²) in [7, 11) is 0. The summed E-state index contributed by atoms with van der Waals surface area (Å²) in [6, 6.07) is 15.5. The highest BCUT2D eigenvalue weighted by Gasteiger charge is 2.13. The largest absolute Gasteiger partial charge is 0.324 e. The molecule has 2 aromatic heterocycles. The lowest BCUT2D eigenvalue weighted by Crippen LogP contribution is -2.27. The smallest absolute Gasteiger partial charge is 0.264 e. The molecule has 9 heteroatoms. The van der Waals surface area contributed by atoms with Gasteiger partial charge in [0.15, 0.2) is 5.65 Å². The van der Waals surface area contributed by atoms with Crippen molar-refractivity contribution in [3.8, 4) is 11.8 Å². The van der Waals surface area contributed by atoms with Crippen molar-refractivity contribution in [2.24, 2.45) is 0 Å². The van der Waals surface area contributed by atoms with Crippen molar-refractivity contribution in [3.05, 3.63) is 82.0 Å². The summed E-state index contributed by atoms with van der Waals surface area (Å²) >= 11 is 6.02. The summed E-state index contributed by atoms with van der Waals surface area (Å²) in [6.07, 6.45) is 2.72.